The summed E-state index contributed by atoms with van der Waals surface area (Å²) in [6.45, 7) is 2.08. The highest BCUT2D eigenvalue weighted by Gasteiger charge is 2.26. The Bertz CT molecular complexity index is 1120. The maximum absolute atomic E-state index is 13.2. The molecule has 0 radical (unpaired) electrons. The summed E-state index contributed by atoms with van der Waals surface area (Å²) in [4.78, 5) is 28.8. The van der Waals surface area contributed by atoms with Crippen LogP contribution in [0.4, 0.5) is 5.69 Å². The van der Waals surface area contributed by atoms with E-state index in [0.717, 1.165) is 48.4 Å². The molecule has 0 unspecified atom stereocenters. The Balaban J connectivity index is 1.33. The van der Waals surface area contributed by atoms with Gasteiger partial charge in [-0.05, 0) is 37.1 Å². The van der Waals surface area contributed by atoms with Crippen LogP contribution in [-0.2, 0) is 24.7 Å². The van der Waals surface area contributed by atoms with Crippen LogP contribution in [0.1, 0.15) is 34.5 Å². The summed E-state index contributed by atoms with van der Waals surface area (Å²) in [5.74, 6) is 0.196. The van der Waals surface area contributed by atoms with Crippen molar-refractivity contribution < 1.29 is 9.59 Å². The van der Waals surface area contributed by atoms with Crippen LogP contribution < -0.4 is 4.90 Å². The van der Waals surface area contributed by atoms with Gasteiger partial charge in [0.25, 0.3) is 5.91 Å². The van der Waals surface area contributed by atoms with E-state index in [1.807, 2.05) is 59.1 Å². The van der Waals surface area contributed by atoms with Crippen molar-refractivity contribution in [1.82, 2.24) is 14.7 Å². The lowest BCUT2D eigenvalue weighted by Crippen LogP contribution is -2.33. The van der Waals surface area contributed by atoms with Crippen molar-refractivity contribution in [3.8, 4) is 11.3 Å². The van der Waals surface area contributed by atoms with Crippen molar-refractivity contribution in [3.05, 3.63) is 71.4 Å². The predicted molar refractivity (Wildman–Crippen MR) is 120 cm³/mol. The van der Waals surface area contributed by atoms with Crippen LogP contribution >= 0.6 is 0 Å². The first-order valence-corrected chi connectivity index (χ1v) is 10.9. The van der Waals surface area contributed by atoms with Gasteiger partial charge in [-0.1, -0.05) is 30.3 Å². The third kappa shape index (κ3) is 3.63. The molecule has 0 spiro atoms. The van der Waals surface area contributed by atoms with Crippen LogP contribution in [0, 0.1) is 0 Å². The number of nitrogens with zero attached hydrogens (tertiary/aromatic N) is 4. The molecule has 31 heavy (non-hydrogen) atoms. The van der Waals surface area contributed by atoms with Gasteiger partial charge in [0, 0.05) is 61.9 Å². The lowest BCUT2D eigenvalue weighted by Gasteiger charge is -2.21. The van der Waals surface area contributed by atoms with Crippen molar-refractivity contribution >= 4 is 17.5 Å². The second kappa shape index (κ2) is 8.02. The number of aromatic nitrogens is 2. The zero-order chi connectivity index (χ0) is 21.4. The summed E-state index contributed by atoms with van der Waals surface area (Å²) in [6, 6.07) is 17.8. The van der Waals surface area contributed by atoms with Crippen molar-refractivity contribution in [1.29, 1.82) is 0 Å². The number of anilines is 1. The summed E-state index contributed by atoms with van der Waals surface area (Å²) in [5, 5.41) is 4.76. The van der Waals surface area contributed by atoms with Crippen molar-refractivity contribution in [3.63, 3.8) is 0 Å². The van der Waals surface area contributed by atoms with Gasteiger partial charge in [0.15, 0.2) is 0 Å². The summed E-state index contributed by atoms with van der Waals surface area (Å²) in [5.41, 5.74) is 6.17. The monoisotopic (exact) mass is 414 g/mol. The molecule has 3 heterocycles. The van der Waals surface area contributed by atoms with Gasteiger partial charge < -0.3 is 9.80 Å². The molecule has 2 amide bonds. The Kier molecular flexibility index (Phi) is 5.06. The van der Waals surface area contributed by atoms with E-state index in [1.54, 1.807) is 4.90 Å². The van der Waals surface area contributed by atoms with Gasteiger partial charge >= 0.3 is 0 Å². The molecule has 1 fully saturated rings. The highest BCUT2D eigenvalue weighted by atomic mass is 16.2. The molecule has 0 saturated carbocycles. The maximum Gasteiger partial charge on any atom is 0.253 e. The molecule has 2 aliphatic heterocycles. The van der Waals surface area contributed by atoms with Crippen molar-refractivity contribution in [2.45, 2.75) is 25.7 Å². The van der Waals surface area contributed by atoms with Gasteiger partial charge in [-0.2, -0.15) is 5.10 Å². The molecular weight excluding hydrogens is 388 g/mol. The zero-order valence-corrected chi connectivity index (χ0v) is 17.8. The number of hydrogen-bond acceptors (Lipinski definition) is 3. The van der Waals surface area contributed by atoms with E-state index in [1.165, 1.54) is 5.56 Å². The molecule has 1 saturated heterocycles. The number of amides is 2. The van der Waals surface area contributed by atoms with Crippen LogP contribution in [0.2, 0.25) is 0 Å². The smallest absolute Gasteiger partial charge is 0.253 e. The van der Waals surface area contributed by atoms with E-state index in [2.05, 4.69) is 12.1 Å². The Morgan fingerprint density at radius 3 is 2.35 bits per heavy atom. The molecule has 0 N–H and O–H groups in total. The molecule has 1 aromatic heterocycles. The third-order valence-corrected chi connectivity index (χ3v) is 6.31. The fourth-order valence-electron chi connectivity index (χ4n) is 4.73. The molecule has 158 valence electrons. The Morgan fingerprint density at radius 2 is 1.65 bits per heavy atom. The number of carbonyl (C=O) groups excluding carboxylic acids is 2. The highest BCUT2D eigenvalue weighted by Crippen LogP contribution is 2.29. The Labute approximate surface area is 182 Å². The van der Waals surface area contributed by atoms with Crippen LogP contribution in [-0.4, -0.2) is 46.1 Å². The van der Waals surface area contributed by atoms with Gasteiger partial charge in [-0.25, -0.2) is 0 Å². The summed E-state index contributed by atoms with van der Waals surface area (Å²) < 4.78 is 1.97. The normalized spacial score (nSPS) is 16.4. The minimum Gasteiger partial charge on any atom is -0.338 e. The van der Waals surface area contributed by atoms with Crippen molar-refractivity contribution in [2.75, 3.05) is 24.5 Å². The van der Waals surface area contributed by atoms with E-state index in [-0.39, 0.29) is 11.8 Å². The minimum atomic E-state index is 0.0371. The summed E-state index contributed by atoms with van der Waals surface area (Å²) in [6.07, 6.45) is 3.04. The fourth-order valence-corrected chi connectivity index (χ4v) is 4.73. The lowest BCUT2D eigenvalue weighted by atomic mass is 10.0. The summed E-state index contributed by atoms with van der Waals surface area (Å²) in [7, 11) is 1.99. The topological polar surface area (TPSA) is 58.4 Å². The van der Waals surface area contributed by atoms with Crippen LogP contribution in [0.25, 0.3) is 11.3 Å². The Morgan fingerprint density at radius 1 is 0.903 bits per heavy atom. The molecule has 5 rings (SSSR count). The molecule has 6 nitrogen and oxygen atoms in total. The first-order chi connectivity index (χ1) is 15.1. The van der Waals surface area contributed by atoms with Gasteiger partial charge in [0.05, 0.1) is 11.4 Å². The molecule has 2 aromatic carbocycles. The van der Waals surface area contributed by atoms with Crippen molar-refractivity contribution in [2.24, 2.45) is 7.05 Å². The first kappa shape index (κ1) is 19.5. The number of carbonyl (C=O) groups is 2. The molecule has 3 aromatic rings. The largest absolute Gasteiger partial charge is 0.338 e. The maximum atomic E-state index is 13.2. The number of fused-ring (bicyclic) bond motifs is 1. The molecule has 6 heteroatoms. The van der Waals surface area contributed by atoms with Gasteiger partial charge in [-0.15, -0.1) is 0 Å². The SMILES string of the molecule is Cn1nc2c(c1-c1ccccc1)CCN(C(=O)c1ccc(N3CCCC3=O)cc1)CC2. The fraction of sp³-hybridized carbons (Fsp3) is 0.320. The number of rotatable bonds is 3. The van der Waals surface area contributed by atoms with Gasteiger partial charge in [-0.3, -0.25) is 14.3 Å². The quantitative estimate of drug-likeness (QED) is 0.660. The average Bonchev–Trinajstić information content (AvgIpc) is 3.30. The second-order valence-corrected chi connectivity index (χ2v) is 8.25. The van der Waals surface area contributed by atoms with E-state index in [0.29, 0.717) is 25.1 Å². The van der Waals surface area contributed by atoms with Gasteiger partial charge in [0.1, 0.15) is 0 Å². The van der Waals surface area contributed by atoms with E-state index in [9.17, 15) is 9.59 Å². The number of aryl methyl sites for hydroxylation is 1. The molecule has 2 aliphatic rings. The van der Waals surface area contributed by atoms with E-state index >= 15 is 0 Å². The van der Waals surface area contributed by atoms with E-state index in [4.69, 9.17) is 5.10 Å². The minimum absolute atomic E-state index is 0.0371. The summed E-state index contributed by atoms with van der Waals surface area (Å²) >= 11 is 0. The first-order valence-electron chi connectivity index (χ1n) is 10.9. The third-order valence-electron chi connectivity index (χ3n) is 6.31. The molecule has 0 atom stereocenters. The highest BCUT2D eigenvalue weighted by molar-refractivity contribution is 5.97. The lowest BCUT2D eigenvalue weighted by molar-refractivity contribution is -0.117. The zero-order valence-electron chi connectivity index (χ0n) is 17.8. The molecular formula is C25H26N4O2. The Hall–Kier alpha value is -3.41. The van der Waals surface area contributed by atoms with Crippen LogP contribution in [0.3, 0.4) is 0 Å². The number of benzene rings is 2. The van der Waals surface area contributed by atoms with Crippen LogP contribution in [0.5, 0.6) is 0 Å². The standard InChI is InChI=1S/C25H26N4O2/c1-27-24(18-6-3-2-4-7-18)21-13-16-28(17-14-22(21)26-27)25(31)19-9-11-20(12-10-19)29-15-5-8-23(29)30/h2-4,6-7,9-12H,5,8,13-17H2,1H3. The molecule has 0 aliphatic carbocycles. The average molecular weight is 415 g/mol. The van der Waals surface area contributed by atoms with Crippen LogP contribution in [0.15, 0.2) is 54.6 Å². The number of hydrogen-bond donors (Lipinski definition) is 0. The predicted octanol–water partition coefficient (Wildman–Crippen LogP) is 3.45. The second-order valence-electron chi connectivity index (χ2n) is 8.25. The van der Waals surface area contributed by atoms with Gasteiger partial charge in [0.2, 0.25) is 5.91 Å². The van der Waals surface area contributed by atoms with E-state index < -0.39 is 0 Å². The molecule has 0 bridgehead atoms.